The molecule has 1 heterocycles. The molecule has 0 aromatic heterocycles. The molecule has 142 valence electrons. The van der Waals surface area contributed by atoms with Crippen molar-refractivity contribution in [2.24, 2.45) is 10.2 Å². The van der Waals surface area contributed by atoms with E-state index in [2.05, 4.69) is 17.1 Å². The molecule has 0 spiro atoms. The third-order valence-corrected chi connectivity index (χ3v) is 5.09. The van der Waals surface area contributed by atoms with Gasteiger partial charge in [-0.2, -0.15) is 5.10 Å². The monoisotopic (exact) mass is 366 g/mol. The van der Waals surface area contributed by atoms with Gasteiger partial charge >= 0.3 is 0 Å². The minimum atomic E-state index is 0.174. The molecule has 0 bridgehead atoms. The average Bonchev–Trinajstić information content (AvgIpc) is 2.82. The molecule has 27 heavy (non-hydrogen) atoms. The molecular weight excluding hydrogens is 340 g/mol. The van der Waals surface area contributed by atoms with Crippen LogP contribution in [-0.2, 0) is 0 Å². The van der Waals surface area contributed by atoms with Crippen LogP contribution < -0.4 is 14.2 Å². The Bertz CT molecular complexity index is 916. The van der Waals surface area contributed by atoms with Gasteiger partial charge in [0, 0.05) is 22.8 Å². The quantitative estimate of drug-likeness (QED) is 0.768. The Hall–Kier alpha value is -2.82. The van der Waals surface area contributed by atoms with E-state index in [1.54, 1.807) is 21.3 Å². The topological polar surface area (TPSA) is 52.4 Å². The Morgan fingerprint density at radius 2 is 1.52 bits per heavy atom. The molecule has 0 amide bonds. The highest BCUT2D eigenvalue weighted by Crippen LogP contribution is 2.38. The summed E-state index contributed by atoms with van der Waals surface area (Å²) in [6.07, 6.45) is 0.928. The van der Waals surface area contributed by atoms with Gasteiger partial charge < -0.3 is 14.2 Å². The molecular formula is C22H26N2O3. The maximum absolute atomic E-state index is 5.54. The molecule has 1 atom stereocenters. The zero-order chi connectivity index (χ0) is 19.6. The lowest BCUT2D eigenvalue weighted by Gasteiger charge is -2.20. The number of ether oxygens (including phenoxy) is 3. The van der Waals surface area contributed by atoms with E-state index in [-0.39, 0.29) is 5.92 Å². The zero-order valence-electron chi connectivity index (χ0n) is 16.8. The van der Waals surface area contributed by atoms with Crippen LogP contribution in [0.25, 0.3) is 0 Å². The molecule has 2 aromatic carbocycles. The van der Waals surface area contributed by atoms with Gasteiger partial charge in [-0.05, 0) is 49.6 Å². The van der Waals surface area contributed by atoms with Crippen molar-refractivity contribution in [2.75, 3.05) is 21.3 Å². The van der Waals surface area contributed by atoms with E-state index in [1.807, 2.05) is 44.2 Å². The lowest BCUT2D eigenvalue weighted by molar-refractivity contribution is 0.354. The Balaban J connectivity index is 2.27. The highest BCUT2D eigenvalue weighted by Gasteiger charge is 2.26. The predicted molar refractivity (Wildman–Crippen MR) is 109 cm³/mol. The van der Waals surface area contributed by atoms with Crippen molar-refractivity contribution in [3.8, 4) is 17.2 Å². The first-order valence-corrected chi connectivity index (χ1v) is 9.07. The molecule has 0 radical (unpaired) electrons. The number of aryl methyl sites for hydroxylation is 1. The van der Waals surface area contributed by atoms with Crippen molar-refractivity contribution in [1.82, 2.24) is 0 Å². The van der Waals surface area contributed by atoms with E-state index in [0.29, 0.717) is 11.5 Å². The fourth-order valence-electron chi connectivity index (χ4n) is 3.56. The van der Waals surface area contributed by atoms with Crippen molar-refractivity contribution in [1.29, 1.82) is 0 Å². The van der Waals surface area contributed by atoms with Crippen molar-refractivity contribution in [2.45, 2.75) is 33.1 Å². The summed E-state index contributed by atoms with van der Waals surface area (Å²) >= 11 is 0. The fourth-order valence-corrected chi connectivity index (χ4v) is 3.56. The van der Waals surface area contributed by atoms with E-state index in [9.17, 15) is 0 Å². The minimum Gasteiger partial charge on any atom is -0.496 e. The number of benzene rings is 2. The molecule has 2 aromatic rings. The molecule has 0 saturated heterocycles. The van der Waals surface area contributed by atoms with E-state index in [0.717, 1.165) is 45.8 Å². The van der Waals surface area contributed by atoms with E-state index in [1.165, 1.54) is 0 Å². The largest absolute Gasteiger partial charge is 0.496 e. The molecule has 5 heteroatoms. The van der Waals surface area contributed by atoms with Crippen molar-refractivity contribution < 1.29 is 14.2 Å². The summed E-state index contributed by atoms with van der Waals surface area (Å²) in [7, 11) is 4.98. The normalized spacial score (nSPS) is 16.0. The van der Waals surface area contributed by atoms with Crippen molar-refractivity contribution >= 4 is 11.4 Å². The van der Waals surface area contributed by atoms with E-state index in [4.69, 9.17) is 14.2 Å². The van der Waals surface area contributed by atoms with Gasteiger partial charge in [-0.3, -0.25) is 0 Å². The number of nitrogens with zero attached hydrogens (tertiary/aromatic N) is 2. The predicted octanol–water partition coefficient (Wildman–Crippen LogP) is 4.74. The molecule has 5 nitrogen and oxygen atoms in total. The smallest absolute Gasteiger partial charge is 0.161 e. The fraction of sp³-hybridized carbons (Fsp3) is 0.364. The van der Waals surface area contributed by atoms with Crippen LogP contribution >= 0.6 is 0 Å². The first-order valence-electron chi connectivity index (χ1n) is 9.07. The highest BCUT2D eigenvalue weighted by atomic mass is 16.5. The van der Waals surface area contributed by atoms with Gasteiger partial charge in [0.1, 0.15) is 11.5 Å². The lowest BCUT2D eigenvalue weighted by Crippen LogP contribution is -2.13. The van der Waals surface area contributed by atoms with Gasteiger partial charge in [0.15, 0.2) is 11.5 Å². The third-order valence-electron chi connectivity index (χ3n) is 5.09. The Morgan fingerprint density at radius 3 is 2.15 bits per heavy atom. The number of rotatable bonds is 5. The molecule has 0 fully saturated rings. The van der Waals surface area contributed by atoms with E-state index >= 15 is 0 Å². The van der Waals surface area contributed by atoms with Crippen LogP contribution in [0.3, 0.4) is 0 Å². The Morgan fingerprint density at radius 1 is 0.852 bits per heavy atom. The Kier molecular flexibility index (Phi) is 5.49. The van der Waals surface area contributed by atoms with Gasteiger partial charge in [-0.25, -0.2) is 0 Å². The van der Waals surface area contributed by atoms with Crippen LogP contribution in [0.2, 0.25) is 0 Å². The summed E-state index contributed by atoms with van der Waals surface area (Å²) in [5.41, 5.74) is 5.98. The van der Waals surface area contributed by atoms with Crippen LogP contribution in [0, 0.1) is 6.92 Å². The average molecular weight is 366 g/mol. The van der Waals surface area contributed by atoms with Gasteiger partial charge in [0.2, 0.25) is 0 Å². The van der Waals surface area contributed by atoms with Crippen LogP contribution in [0.5, 0.6) is 17.2 Å². The molecule has 3 rings (SSSR count). The summed E-state index contributed by atoms with van der Waals surface area (Å²) in [6, 6.07) is 10.1. The summed E-state index contributed by atoms with van der Waals surface area (Å²) in [5, 5.41) is 9.12. The third kappa shape index (κ3) is 3.42. The van der Waals surface area contributed by atoms with Crippen LogP contribution in [0.4, 0.5) is 0 Å². The standard InChI is InChI=1S/C22H26N2O3/c1-7-16-14(3)23-24-22(15-9-8-13(2)19(10-15)25-4)18-12-21(27-6)20(26-5)11-17(16)18/h8-12,16H,7H2,1-6H3. The molecule has 0 saturated carbocycles. The first kappa shape index (κ1) is 19.0. The number of hydrogen-bond donors (Lipinski definition) is 0. The second-order valence-corrected chi connectivity index (χ2v) is 6.63. The maximum atomic E-state index is 5.54. The van der Waals surface area contributed by atoms with Crippen molar-refractivity contribution in [3.63, 3.8) is 0 Å². The number of fused-ring (bicyclic) bond motifs is 1. The molecule has 1 aliphatic rings. The SMILES string of the molecule is CCC1C(C)=NN=C(c2ccc(C)c(OC)c2)c2cc(OC)c(OC)cc21. The van der Waals surface area contributed by atoms with Crippen LogP contribution in [-0.4, -0.2) is 32.8 Å². The summed E-state index contributed by atoms with van der Waals surface area (Å²) in [4.78, 5) is 0. The van der Waals surface area contributed by atoms with Crippen molar-refractivity contribution in [3.05, 3.63) is 52.6 Å². The lowest BCUT2D eigenvalue weighted by atomic mass is 9.85. The number of hydrogen-bond acceptors (Lipinski definition) is 5. The molecule has 0 N–H and O–H groups in total. The molecule has 0 aliphatic carbocycles. The van der Waals surface area contributed by atoms with E-state index < -0.39 is 0 Å². The summed E-state index contributed by atoms with van der Waals surface area (Å²) in [5.74, 6) is 2.39. The van der Waals surface area contributed by atoms with Crippen LogP contribution in [0.15, 0.2) is 40.5 Å². The zero-order valence-corrected chi connectivity index (χ0v) is 16.8. The molecule has 1 unspecified atom stereocenters. The Labute approximate surface area is 160 Å². The minimum absolute atomic E-state index is 0.174. The van der Waals surface area contributed by atoms with Gasteiger partial charge in [0.05, 0.1) is 21.3 Å². The maximum Gasteiger partial charge on any atom is 0.161 e. The van der Waals surface area contributed by atoms with Gasteiger partial charge in [-0.15, -0.1) is 5.10 Å². The van der Waals surface area contributed by atoms with Crippen LogP contribution in [0.1, 0.15) is 48.4 Å². The number of methoxy groups -OCH3 is 3. The first-order chi connectivity index (χ1) is 13.0. The second kappa shape index (κ2) is 7.82. The summed E-state index contributed by atoms with van der Waals surface area (Å²) in [6.45, 7) is 6.20. The second-order valence-electron chi connectivity index (χ2n) is 6.63. The summed E-state index contributed by atoms with van der Waals surface area (Å²) < 4.78 is 16.6. The molecule has 1 aliphatic heterocycles. The van der Waals surface area contributed by atoms with Gasteiger partial charge in [-0.1, -0.05) is 19.1 Å². The van der Waals surface area contributed by atoms with Gasteiger partial charge in [0.25, 0.3) is 0 Å². The highest BCUT2D eigenvalue weighted by molar-refractivity contribution is 6.16.